The predicted octanol–water partition coefficient (Wildman–Crippen LogP) is 6.29. The van der Waals surface area contributed by atoms with Gasteiger partial charge < -0.3 is 10.1 Å². The lowest BCUT2D eigenvalue weighted by molar-refractivity contribution is 0.459. The van der Waals surface area contributed by atoms with Gasteiger partial charge in [0.25, 0.3) is 0 Å². The molecule has 7 nitrogen and oxygen atoms in total. The highest BCUT2D eigenvalue weighted by atomic mass is 35.5. The van der Waals surface area contributed by atoms with Crippen LogP contribution >= 0.6 is 11.6 Å². The second kappa shape index (κ2) is 6.96. The van der Waals surface area contributed by atoms with E-state index in [-0.39, 0.29) is 5.88 Å². The van der Waals surface area contributed by atoms with E-state index in [9.17, 15) is 5.11 Å². The van der Waals surface area contributed by atoms with Crippen molar-refractivity contribution in [1.29, 1.82) is 0 Å². The minimum absolute atomic E-state index is 0.0327. The molecule has 0 saturated heterocycles. The molecule has 0 saturated carbocycles. The van der Waals surface area contributed by atoms with Crippen LogP contribution in [-0.4, -0.2) is 24.6 Å². The number of rotatable bonds is 3. The molecular weight excluding hydrogens is 400 g/mol. The van der Waals surface area contributed by atoms with Crippen molar-refractivity contribution in [2.45, 2.75) is 13.8 Å². The number of benzene rings is 2. The lowest BCUT2D eigenvalue weighted by Gasteiger charge is -2.08. The third kappa shape index (κ3) is 2.83. The highest BCUT2D eigenvalue weighted by Crippen LogP contribution is 2.38. The van der Waals surface area contributed by atoms with Crippen LogP contribution in [-0.2, 0) is 0 Å². The Morgan fingerprint density at radius 2 is 1.87 bits per heavy atom. The summed E-state index contributed by atoms with van der Waals surface area (Å²) in [6, 6.07) is 15.1. The van der Waals surface area contributed by atoms with Gasteiger partial charge >= 0.3 is 0 Å². The minimum atomic E-state index is -0.0327. The summed E-state index contributed by atoms with van der Waals surface area (Å²) in [7, 11) is 0. The Labute approximate surface area is 176 Å². The quantitative estimate of drug-likeness (QED) is 0.338. The number of fused-ring (bicyclic) bond motifs is 2. The number of azo groups is 1. The molecule has 5 rings (SSSR count). The van der Waals surface area contributed by atoms with E-state index in [2.05, 4.69) is 25.2 Å². The van der Waals surface area contributed by atoms with Crippen molar-refractivity contribution in [3.63, 3.8) is 0 Å². The van der Waals surface area contributed by atoms with Crippen molar-refractivity contribution >= 4 is 45.0 Å². The standard InChI is InChI=1S/C22H17ClN6O/c1-12-13(2)29(15-7-5-6-14(23)10-15)21-18(12)20(24-11-25-21)28-27-19-16-8-3-4-9-17(16)26-22(19)30/h3-11,26,30H,1-2H3. The molecule has 2 N–H and O–H groups in total. The number of aryl methyl sites for hydroxylation is 1. The number of nitrogens with one attached hydrogen (secondary N) is 1. The Kier molecular flexibility index (Phi) is 4.25. The SMILES string of the molecule is Cc1c(C)n(-c2cccc(Cl)c2)c2ncnc(N=Nc3c(O)[nH]c4ccccc34)c12. The fourth-order valence-corrected chi connectivity index (χ4v) is 3.88. The molecule has 2 aromatic carbocycles. The molecule has 0 radical (unpaired) electrons. The van der Waals surface area contributed by atoms with E-state index in [1.54, 1.807) is 0 Å². The van der Waals surface area contributed by atoms with Crippen LogP contribution in [0.5, 0.6) is 5.88 Å². The van der Waals surface area contributed by atoms with Crippen LogP contribution in [0, 0.1) is 13.8 Å². The summed E-state index contributed by atoms with van der Waals surface area (Å²) in [4.78, 5) is 11.7. The molecular formula is C22H17ClN6O. The van der Waals surface area contributed by atoms with Crippen LogP contribution in [0.15, 0.2) is 65.1 Å². The highest BCUT2D eigenvalue weighted by molar-refractivity contribution is 6.30. The number of hydrogen-bond acceptors (Lipinski definition) is 5. The number of hydrogen-bond donors (Lipinski definition) is 2. The summed E-state index contributed by atoms with van der Waals surface area (Å²) >= 11 is 6.20. The summed E-state index contributed by atoms with van der Waals surface area (Å²) in [6.45, 7) is 4.02. The maximum atomic E-state index is 10.2. The Morgan fingerprint density at radius 1 is 1.03 bits per heavy atom. The molecule has 0 fully saturated rings. The Hall–Kier alpha value is -3.71. The summed E-state index contributed by atoms with van der Waals surface area (Å²) in [5, 5.41) is 21.2. The molecule has 0 aliphatic carbocycles. The van der Waals surface area contributed by atoms with Crippen LogP contribution in [0.3, 0.4) is 0 Å². The first kappa shape index (κ1) is 18.3. The third-order valence-corrected chi connectivity index (χ3v) is 5.48. The summed E-state index contributed by atoms with van der Waals surface area (Å²) in [5.74, 6) is 0.403. The number of para-hydroxylation sites is 1. The van der Waals surface area contributed by atoms with E-state index in [0.29, 0.717) is 16.5 Å². The maximum absolute atomic E-state index is 10.2. The van der Waals surface area contributed by atoms with Crippen LogP contribution in [0.4, 0.5) is 11.5 Å². The number of halogens is 1. The van der Waals surface area contributed by atoms with Gasteiger partial charge in [0.15, 0.2) is 17.2 Å². The van der Waals surface area contributed by atoms with Gasteiger partial charge in [-0.25, -0.2) is 9.97 Å². The molecule has 148 valence electrons. The summed E-state index contributed by atoms with van der Waals surface area (Å²) in [5.41, 5.74) is 4.81. The zero-order valence-electron chi connectivity index (χ0n) is 16.3. The molecule has 3 heterocycles. The number of aromatic hydroxyl groups is 1. The lowest BCUT2D eigenvalue weighted by Crippen LogP contribution is -1.98. The van der Waals surface area contributed by atoms with Gasteiger partial charge in [0.05, 0.1) is 10.9 Å². The minimum Gasteiger partial charge on any atom is -0.493 e. The van der Waals surface area contributed by atoms with E-state index in [1.165, 1.54) is 6.33 Å². The lowest BCUT2D eigenvalue weighted by atomic mass is 10.2. The maximum Gasteiger partial charge on any atom is 0.218 e. The second-order valence-electron chi connectivity index (χ2n) is 6.99. The van der Waals surface area contributed by atoms with Crippen molar-refractivity contribution in [2.24, 2.45) is 10.2 Å². The highest BCUT2D eigenvalue weighted by Gasteiger charge is 2.18. The molecule has 0 bridgehead atoms. The van der Waals surface area contributed by atoms with Gasteiger partial charge in [-0.15, -0.1) is 10.2 Å². The average molecular weight is 417 g/mol. The first-order valence-electron chi connectivity index (χ1n) is 9.34. The van der Waals surface area contributed by atoms with E-state index >= 15 is 0 Å². The Balaban J connectivity index is 1.69. The molecule has 8 heteroatoms. The average Bonchev–Trinajstić information content (AvgIpc) is 3.20. The van der Waals surface area contributed by atoms with Gasteiger partial charge in [-0.3, -0.25) is 4.57 Å². The van der Waals surface area contributed by atoms with E-state index in [1.807, 2.05) is 66.9 Å². The molecule has 0 amide bonds. The molecule has 5 aromatic rings. The number of aromatic amines is 1. The molecule has 3 aromatic heterocycles. The molecule has 0 atom stereocenters. The molecule has 0 spiro atoms. The fourth-order valence-electron chi connectivity index (χ4n) is 3.70. The van der Waals surface area contributed by atoms with Crippen LogP contribution < -0.4 is 0 Å². The smallest absolute Gasteiger partial charge is 0.218 e. The van der Waals surface area contributed by atoms with Crippen molar-refractivity contribution in [2.75, 3.05) is 0 Å². The number of nitrogens with zero attached hydrogens (tertiary/aromatic N) is 5. The van der Waals surface area contributed by atoms with Crippen molar-refractivity contribution in [3.8, 4) is 11.6 Å². The monoisotopic (exact) mass is 416 g/mol. The van der Waals surface area contributed by atoms with Gasteiger partial charge in [-0.05, 0) is 43.7 Å². The van der Waals surface area contributed by atoms with Crippen LogP contribution in [0.25, 0.3) is 27.6 Å². The predicted molar refractivity (Wildman–Crippen MR) is 117 cm³/mol. The van der Waals surface area contributed by atoms with Gasteiger partial charge in [0, 0.05) is 21.8 Å². The fraction of sp³-hybridized carbons (Fsp3) is 0.0909. The van der Waals surface area contributed by atoms with Crippen LogP contribution in [0.1, 0.15) is 11.3 Å². The van der Waals surface area contributed by atoms with Crippen molar-refractivity contribution < 1.29 is 5.11 Å². The van der Waals surface area contributed by atoms with Crippen molar-refractivity contribution in [1.82, 2.24) is 19.5 Å². The zero-order chi connectivity index (χ0) is 20.8. The molecule has 0 aliphatic rings. The van der Waals surface area contributed by atoms with Gasteiger partial charge in [-0.2, -0.15) is 0 Å². The van der Waals surface area contributed by atoms with Gasteiger partial charge in [0.2, 0.25) is 5.88 Å². The van der Waals surface area contributed by atoms with Gasteiger partial charge in [-0.1, -0.05) is 35.9 Å². The zero-order valence-corrected chi connectivity index (χ0v) is 17.0. The number of aromatic nitrogens is 4. The molecule has 0 unspecified atom stereocenters. The first-order chi connectivity index (χ1) is 14.5. The first-order valence-corrected chi connectivity index (χ1v) is 9.72. The summed E-state index contributed by atoms with van der Waals surface area (Å²) < 4.78 is 2.03. The summed E-state index contributed by atoms with van der Waals surface area (Å²) in [6.07, 6.45) is 1.46. The Morgan fingerprint density at radius 3 is 2.70 bits per heavy atom. The third-order valence-electron chi connectivity index (χ3n) is 5.24. The largest absolute Gasteiger partial charge is 0.493 e. The van der Waals surface area contributed by atoms with E-state index in [0.717, 1.165) is 38.9 Å². The Bertz CT molecular complexity index is 1450. The van der Waals surface area contributed by atoms with Crippen LogP contribution in [0.2, 0.25) is 5.02 Å². The molecule has 30 heavy (non-hydrogen) atoms. The number of H-pyrrole nitrogens is 1. The molecule has 0 aliphatic heterocycles. The second-order valence-corrected chi connectivity index (χ2v) is 7.43. The topological polar surface area (TPSA) is 91.4 Å². The van der Waals surface area contributed by atoms with Gasteiger partial charge in [0.1, 0.15) is 6.33 Å². The van der Waals surface area contributed by atoms with E-state index in [4.69, 9.17) is 11.6 Å². The van der Waals surface area contributed by atoms with Crippen molar-refractivity contribution in [3.05, 3.63) is 71.1 Å². The normalized spacial score (nSPS) is 11.8. The van der Waals surface area contributed by atoms with E-state index < -0.39 is 0 Å².